The van der Waals surface area contributed by atoms with Crippen molar-refractivity contribution in [1.29, 1.82) is 0 Å². The molecule has 0 bridgehead atoms. The molecule has 1 amide bonds. The Kier molecular flexibility index (Phi) is 5.33. The molecule has 0 unspecified atom stereocenters. The number of nitrogens with one attached hydrogen (secondary N) is 2. The van der Waals surface area contributed by atoms with Gasteiger partial charge in [0.15, 0.2) is 5.78 Å². The number of rotatable bonds is 4. The quantitative estimate of drug-likeness (QED) is 0.541. The monoisotopic (exact) mass is 449 g/mol. The van der Waals surface area contributed by atoms with Crippen LogP contribution in [0, 0.1) is 5.41 Å². The van der Waals surface area contributed by atoms with Gasteiger partial charge in [-0.25, -0.2) is 4.79 Å². The van der Waals surface area contributed by atoms with E-state index in [0.29, 0.717) is 18.2 Å². The van der Waals surface area contributed by atoms with E-state index in [1.54, 1.807) is 42.1 Å². The normalized spacial score (nSPS) is 17.9. The highest BCUT2D eigenvalue weighted by atomic mass is 32.1. The number of anilines is 2. The molecule has 3 heterocycles. The number of nitrogens with zero attached hydrogens (tertiary/aromatic N) is 3. The summed E-state index contributed by atoms with van der Waals surface area (Å²) in [6.07, 6.45) is 11.0. The minimum absolute atomic E-state index is 0.0914. The molecular formula is C24H27N5O2S. The molecule has 166 valence electrons. The third kappa shape index (κ3) is 4.07. The van der Waals surface area contributed by atoms with Gasteiger partial charge in [0.05, 0.1) is 10.4 Å². The smallest absolute Gasteiger partial charge is 0.346 e. The van der Waals surface area contributed by atoms with Crippen molar-refractivity contribution in [2.75, 3.05) is 10.6 Å². The number of amides is 1. The number of hydrogen-bond acceptors (Lipinski definition) is 6. The van der Waals surface area contributed by atoms with Crippen molar-refractivity contribution < 1.29 is 9.59 Å². The summed E-state index contributed by atoms with van der Waals surface area (Å²) >= 11 is 1.60. The van der Waals surface area contributed by atoms with Crippen molar-refractivity contribution in [2.45, 2.75) is 58.4 Å². The first-order valence-electron chi connectivity index (χ1n) is 11.1. The molecule has 3 aromatic heterocycles. The van der Waals surface area contributed by atoms with Gasteiger partial charge in [-0.05, 0) is 48.4 Å². The zero-order valence-corrected chi connectivity index (χ0v) is 19.2. The van der Waals surface area contributed by atoms with Crippen LogP contribution in [-0.2, 0) is 6.42 Å². The Morgan fingerprint density at radius 3 is 2.66 bits per heavy atom. The molecule has 7 nitrogen and oxygen atoms in total. The first-order valence-corrected chi connectivity index (χ1v) is 11.9. The summed E-state index contributed by atoms with van der Waals surface area (Å²) in [5.74, 6) is 0.203. The van der Waals surface area contributed by atoms with Gasteiger partial charge in [0.2, 0.25) is 0 Å². The molecule has 0 spiro atoms. The molecule has 0 atom stereocenters. The van der Waals surface area contributed by atoms with Crippen LogP contribution in [0.1, 0.15) is 61.9 Å². The summed E-state index contributed by atoms with van der Waals surface area (Å²) in [5, 5.41) is 12.0. The van der Waals surface area contributed by atoms with Crippen LogP contribution in [0.4, 0.5) is 15.5 Å². The number of ketones is 1. The number of Topliss-reactive ketones (excluding diaryl/α,β-unsaturated/α-hetero) is 1. The third-order valence-electron chi connectivity index (χ3n) is 6.23. The number of carbonyl (C=O) groups is 2. The van der Waals surface area contributed by atoms with E-state index >= 15 is 0 Å². The summed E-state index contributed by atoms with van der Waals surface area (Å²) in [4.78, 5) is 30.7. The topological polar surface area (TPSA) is 88.9 Å². The molecule has 5 rings (SSSR count). The van der Waals surface area contributed by atoms with E-state index in [1.165, 1.54) is 17.5 Å². The molecule has 0 aromatic carbocycles. The fraction of sp³-hybridized carbons (Fsp3) is 0.417. The van der Waals surface area contributed by atoms with Crippen LogP contribution < -0.4 is 10.6 Å². The van der Waals surface area contributed by atoms with Crippen molar-refractivity contribution in [3.63, 3.8) is 0 Å². The highest BCUT2D eigenvalue weighted by Crippen LogP contribution is 2.48. The van der Waals surface area contributed by atoms with Crippen LogP contribution in [-0.4, -0.2) is 32.6 Å². The van der Waals surface area contributed by atoms with Crippen LogP contribution in [0.5, 0.6) is 0 Å². The fourth-order valence-corrected chi connectivity index (χ4v) is 6.01. The molecular weight excluding hydrogens is 422 g/mol. The molecule has 0 radical (unpaired) electrons. The standard InChI is InChI=1S/C24H27N5O2S/c1-24(2)13-17-20(19(30)14-24)22(26-15-5-3-4-6-15)32-21(17)18-9-12-29(28-18)23(31)27-16-7-10-25-11-8-16/h7-12,15,26H,3-6,13-14H2,1-2H3,(H,25,27,31). The SMILES string of the molecule is CC1(C)CC(=O)c2c(NC3CCCC3)sc(-c3ccn(C(=O)Nc4ccncc4)n3)c2C1. The van der Waals surface area contributed by atoms with Crippen LogP contribution in [0.25, 0.3) is 10.6 Å². The first-order chi connectivity index (χ1) is 15.4. The van der Waals surface area contributed by atoms with Gasteiger partial charge in [0.1, 0.15) is 10.7 Å². The fourth-order valence-electron chi connectivity index (χ4n) is 4.73. The molecule has 3 aromatic rings. The predicted molar refractivity (Wildman–Crippen MR) is 127 cm³/mol. The Morgan fingerprint density at radius 2 is 1.91 bits per heavy atom. The Morgan fingerprint density at radius 1 is 1.16 bits per heavy atom. The molecule has 2 aliphatic rings. The average Bonchev–Trinajstić information content (AvgIpc) is 3.48. The second-order valence-corrected chi connectivity index (χ2v) is 10.5. The number of carbonyl (C=O) groups excluding carboxylic acids is 2. The molecule has 0 saturated heterocycles. The predicted octanol–water partition coefficient (Wildman–Crippen LogP) is 5.60. The van der Waals surface area contributed by atoms with Crippen LogP contribution >= 0.6 is 11.3 Å². The first kappa shape index (κ1) is 20.9. The van der Waals surface area contributed by atoms with Crippen molar-refractivity contribution in [3.8, 4) is 10.6 Å². The maximum Gasteiger partial charge on any atom is 0.346 e. The van der Waals surface area contributed by atoms with E-state index in [-0.39, 0.29) is 17.2 Å². The van der Waals surface area contributed by atoms with Crippen molar-refractivity contribution in [1.82, 2.24) is 14.8 Å². The number of hydrogen-bond donors (Lipinski definition) is 2. The maximum atomic E-state index is 13.1. The minimum Gasteiger partial charge on any atom is -0.374 e. The lowest BCUT2D eigenvalue weighted by Crippen LogP contribution is -2.27. The second-order valence-electron chi connectivity index (χ2n) is 9.49. The van der Waals surface area contributed by atoms with Gasteiger partial charge in [0, 0.05) is 36.7 Å². The Hall–Kier alpha value is -3.00. The summed E-state index contributed by atoms with van der Waals surface area (Å²) in [5.41, 5.74) is 3.20. The van der Waals surface area contributed by atoms with Gasteiger partial charge in [-0.1, -0.05) is 26.7 Å². The zero-order chi connectivity index (χ0) is 22.3. The van der Waals surface area contributed by atoms with Gasteiger partial charge >= 0.3 is 6.03 Å². The van der Waals surface area contributed by atoms with Crippen molar-refractivity contribution in [2.24, 2.45) is 5.41 Å². The number of pyridine rings is 1. The highest BCUT2D eigenvalue weighted by molar-refractivity contribution is 7.20. The maximum absolute atomic E-state index is 13.1. The molecule has 8 heteroatoms. The summed E-state index contributed by atoms with van der Waals surface area (Å²) in [6, 6.07) is 5.40. The molecule has 2 aliphatic carbocycles. The molecule has 0 aliphatic heterocycles. The van der Waals surface area contributed by atoms with E-state index in [0.717, 1.165) is 46.0 Å². The van der Waals surface area contributed by atoms with E-state index < -0.39 is 0 Å². The van der Waals surface area contributed by atoms with Crippen molar-refractivity contribution >= 4 is 33.8 Å². The summed E-state index contributed by atoms with van der Waals surface area (Å²) < 4.78 is 1.31. The van der Waals surface area contributed by atoms with Gasteiger partial charge in [-0.15, -0.1) is 11.3 Å². The number of thiophene rings is 1. The molecule has 2 N–H and O–H groups in total. The van der Waals surface area contributed by atoms with Crippen LogP contribution in [0.3, 0.4) is 0 Å². The average molecular weight is 450 g/mol. The second kappa shape index (κ2) is 8.16. The van der Waals surface area contributed by atoms with Crippen LogP contribution in [0.2, 0.25) is 0 Å². The lowest BCUT2D eigenvalue weighted by atomic mass is 9.74. The highest BCUT2D eigenvalue weighted by Gasteiger charge is 2.37. The summed E-state index contributed by atoms with van der Waals surface area (Å²) in [6.45, 7) is 4.28. The Balaban J connectivity index is 1.48. The van der Waals surface area contributed by atoms with Gasteiger partial charge in [-0.3, -0.25) is 9.78 Å². The van der Waals surface area contributed by atoms with E-state index in [1.807, 2.05) is 6.07 Å². The number of fused-ring (bicyclic) bond motifs is 1. The van der Waals surface area contributed by atoms with Gasteiger partial charge in [0.25, 0.3) is 0 Å². The van der Waals surface area contributed by atoms with Crippen molar-refractivity contribution in [3.05, 3.63) is 47.9 Å². The largest absolute Gasteiger partial charge is 0.374 e. The van der Waals surface area contributed by atoms with E-state index in [4.69, 9.17) is 0 Å². The van der Waals surface area contributed by atoms with E-state index in [9.17, 15) is 9.59 Å². The van der Waals surface area contributed by atoms with Gasteiger partial charge in [-0.2, -0.15) is 9.78 Å². The van der Waals surface area contributed by atoms with Crippen LogP contribution in [0.15, 0.2) is 36.8 Å². The molecule has 32 heavy (non-hydrogen) atoms. The Labute approximate surface area is 191 Å². The van der Waals surface area contributed by atoms with E-state index in [2.05, 4.69) is 34.6 Å². The lowest BCUT2D eigenvalue weighted by molar-refractivity contribution is 0.0914. The Bertz CT molecular complexity index is 1160. The molecule has 1 saturated carbocycles. The number of aromatic nitrogens is 3. The van der Waals surface area contributed by atoms with Gasteiger partial charge < -0.3 is 10.6 Å². The minimum atomic E-state index is -0.339. The lowest BCUT2D eigenvalue weighted by Gasteiger charge is -2.29. The zero-order valence-electron chi connectivity index (χ0n) is 18.4. The summed E-state index contributed by atoms with van der Waals surface area (Å²) in [7, 11) is 0. The molecule has 1 fully saturated rings. The third-order valence-corrected chi connectivity index (χ3v) is 7.42.